The van der Waals surface area contributed by atoms with Crippen molar-refractivity contribution >= 4 is 23.6 Å². The standard InChI is InChI=1S/C17H14N4O3S/c22-15-7-6-13(19-21(15)8-11-4-2-1-3-5-11)16(23)18-17-12-9-25-10-14(12)20-24-17/h1-7H,8-10H2,(H,18,23). The van der Waals surface area contributed by atoms with E-state index in [4.69, 9.17) is 4.52 Å². The topological polar surface area (TPSA) is 90.0 Å². The summed E-state index contributed by atoms with van der Waals surface area (Å²) >= 11 is 1.72. The van der Waals surface area contributed by atoms with Crippen molar-refractivity contribution in [1.29, 1.82) is 0 Å². The van der Waals surface area contributed by atoms with Gasteiger partial charge in [0.25, 0.3) is 11.5 Å². The highest BCUT2D eigenvalue weighted by molar-refractivity contribution is 7.98. The predicted molar refractivity (Wildman–Crippen MR) is 93.5 cm³/mol. The van der Waals surface area contributed by atoms with Crippen molar-refractivity contribution in [3.05, 3.63) is 75.3 Å². The van der Waals surface area contributed by atoms with Gasteiger partial charge in [-0.15, -0.1) is 0 Å². The second-order valence-corrected chi connectivity index (χ2v) is 6.57. The molecule has 25 heavy (non-hydrogen) atoms. The summed E-state index contributed by atoms with van der Waals surface area (Å²) in [5.74, 6) is 1.47. The number of nitrogens with one attached hydrogen (secondary N) is 1. The Labute approximate surface area is 147 Å². The van der Waals surface area contributed by atoms with E-state index in [-0.39, 0.29) is 11.3 Å². The molecule has 4 rings (SSSR count). The minimum absolute atomic E-state index is 0.145. The van der Waals surface area contributed by atoms with Crippen LogP contribution in [0.15, 0.2) is 51.8 Å². The number of nitrogens with zero attached hydrogens (tertiary/aromatic N) is 3. The van der Waals surface area contributed by atoms with Gasteiger partial charge in [-0.05, 0) is 11.6 Å². The van der Waals surface area contributed by atoms with Crippen LogP contribution in [0.2, 0.25) is 0 Å². The van der Waals surface area contributed by atoms with Crippen molar-refractivity contribution in [1.82, 2.24) is 14.9 Å². The average molecular weight is 354 g/mol. The summed E-state index contributed by atoms with van der Waals surface area (Å²) in [7, 11) is 0. The molecule has 3 heterocycles. The van der Waals surface area contributed by atoms with Gasteiger partial charge in [-0.2, -0.15) is 16.9 Å². The first-order valence-electron chi connectivity index (χ1n) is 7.69. The lowest BCUT2D eigenvalue weighted by Gasteiger charge is -2.07. The highest BCUT2D eigenvalue weighted by Gasteiger charge is 2.23. The van der Waals surface area contributed by atoms with Crippen molar-refractivity contribution in [2.45, 2.75) is 18.1 Å². The molecule has 0 saturated heterocycles. The van der Waals surface area contributed by atoms with Crippen molar-refractivity contribution in [2.24, 2.45) is 0 Å². The van der Waals surface area contributed by atoms with Crippen LogP contribution in [-0.2, 0) is 18.1 Å². The van der Waals surface area contributed by atoms with Gasteiger partial charge < -0.3 is 4.52 Å². The Morgan fingerprint density at radius 2 is 2.04 bits per heavy atom. The summed E-state index contributed by atoms with van der Waals surface area (Å²) in [6.07, 6.45) is 0. The third-order valence-corrected chi connectivity index (χ3v) is 4.83. The van der Waals surface area contributed by atoms with Crippen molar-refractivity contribution in [3.8, 4) is 0 Å². The van der Waals surface area contributed by atoms with Gasteiger partial charge in [0.05, 0.1) is 17.8 Å². The molecule has 1 aromatic carbocycles. The number of hydrogen-bond donors (Lipinski definition) is 1. The number of fused-ring (bicyclic) bond motifs is 1. The van der Waals surface area contributed by atoms with Gasteiger partial charge in [-0.25, -0.2) is 4.68 Å². The predicted octanol–water partition coefficient (Wildman–Crippen LogP) is 2.28. The van der Waals surface area contributed by atoms with Gasteiger partial charge >= 0.3 is 0 Å². The zero-order valence-corrected chi connectivity index (χ0v) is 14.0. The summed E-state index contributed by atoms with van der Waals surface area (Å²) in [5.41, 5.74) is 2.58. The molecule has 7 nitrogen and oxygen atoms in total. The smallest absolute Gasteiger partial charge is 0.278 e. The lowest BCUT2D eigenvalue weighted by molar-refractivity contribution is 0.101. The van der Waals surface area contributed by atoms with E-state index >= 15 is 0 Å². The lowest BCUT2D eigenvalue weighted by atomic mass is 10.2. The Morgan fingerprint density at radius 1 is 1.20 bits per heavy atom. The highest BCUT2D eigenvalue weighted by Crippen LogP contribution is 2.34. The maximum absolute atomic E-state index is 12.4. The quantitative estimate of drug-likeness (QED) is 0.773. The number of thioether (sulfide) groups is 1. The molecule has 1 aliphatic rings. The minimum atomic E-state index is -0.433. The molecule has 0 spiro atoms. The molecule has 126 valence electrons. The highest BCUT2D eigenvalue weighted by atomic mass is 32.2. The number of carbonyl (C=O) groups excluding carboxylic acids is 1. The molecule has 0 saturated carbocycles. The molecule has 0 fully saturated rings. The molecule has 8 heteroatoms. The first-order chi connectivity index (χ1) is 12.2. The molecule has 0 aliphatic carbocycles. The number of rotatable bonds is 4. The van der Waals surface area contributed by atoms with Crippen LogP contribution in [-0.4, -0.2) is 20.8 Å². The normalized spacial score (nSPS) is 12.8. The van der Waals surface area contributed by atoms with Crippen LogP contribution in [0, 0.1) is 0 Å². The maximum atomic E-state index is 12.4. The summed E-state index contributed by atoms with van der Waals surface area (Å²) in [6.45, 7) is 0.301. The Hall–Kier alpha value is -2.87. The van der Waals surface area contributed by atoms with Gasteiger partial charge in [0.1, 0.15) is 5.69 Å². The van der Waals surface area contributed by atoms with Crippen LogP contribution in [0.25, 0.3) is 0 Å². The monoisotopic (exact) mass is 354 g/mol. The Bertz CT molecular complexity index is 981. The number of carbonyl (C=O) groups is 1. The van der Waals surface area contributed by atoms with Gasteiger partial charge in [-0.1, -0.05) is 35.5 Å². The summed E-state index contributed by atoms with van der Waals surface area (Å²) < 4.78 is 6.46. The minimum Gasteiger partial charge on any atom is -0.338 e. The summed E-state index contributed by atoms with van der Waals surface area (Å²) in [4.78, 5) is 24.5. The molecule has 0 atom stereocenters. The SMILES string of the molecule is O=C(Nc1onc2c1CSC2)c1ccc(=O)n(Cc2ccccc2)n1. The first-order valence-corrected chi connectivity index (χ1v) is 8.85. The largest absolute Gasteiger partial charge is 0.338 e. The van der Waals surface area contributed by atoms with Crippen LogP contribution in [0.5, 0.6) is 0 Å². The Morgan fingerprint density at radius 3 is 2.88 bits per heavy atom. The molecular formula is C17H14N4O3S. The van der Waals surface area contributed by atoms with Gasteiger partial charge in [-0.3, -0.25) is 14.9 Å². The van der Waals surface area contributed by atoms with Crippen molar-refractivity contribution in [2.75, 3.05) is 5.32 Å². The van der Waals surface area contributed by atoms with E-state index in [1.807, 2.05) is 30.3 Å². The van der Waals surface area contributed by atoms with E-state index in [9.17, 15) is 9.59 Å². The molecule has 1 N–H and O–H groups in total. The molecule has 0 unspecified atom stereocenters. The van der Waals surface area contributed by atoms with Gasteiger partial charge in [0.2, 0.25) is 5.88 Å². The second-order valence-electron chi connectivity index (χ2n) is 5.58. The van der Waals surface area contributed by atoms with Gasteiger partial charge in [0.15, 0.2) is 0 Å². The van der Waals surface area contributed by atoms with E-state index < -0.39 is 5.91 Å². The van der Waals surface area contributed by atoms with Crippen LogP contribution >= 0.6 is 11.8 Å². The van der Waals surface area contributed by atoms with Gasteiger partial charge in [0, 0.05) is 17.6 Å². The Balaban J connectivity index is 1.56. The summed E-state index contributed by atoms with van der Waals surface area (Å²) in [6, 6.07) is 12.2. The molecule has 1 aliphatic heterocycles. The average Bonchev–Trinajstić information content (AvgIpc) is 3.23. The van der Waals surface area contributed by atoms with E-state index in [0.717, 1.165) is 28.3 Å². The number of benzene rings is 1. The van der Waals surface area contributed by atoms with E-state index in [1.54, 1.807) is 11.8 Å². The molecule has 0 radical (unpaired) electrons. The third-order valence-electron chi connectivity index (χ3n) is 3.86. The molecule has 3 aromatic rings. The third kappa shape index (κ3) is 3.20. The Kier molecular flexibility index (Phi) is 4.10. The second kappa shape index (κ2) is 6.56. The van der Waals surface area contributed by atoms with Crippen LogP contribution in [0.3, 0.4) is 0 Å². The number of amides is 1. The fourth-order valence-electron chi connectivity index (χ4n) is 2.56. The number of hydrogen-bond acceptors (Lipinski definition) is 6. The molecule has 0 bridgehead atoms. The summed E-state index contributed by atoms with van der Waals surface area (Å²) in [5, 5.41) is 10.8. The number of anilines is 1. The molecule has 2 aromatic heterocycles. The van der Waals surface area contributed by atoms with Crippen molar-refractivity contribution in [3.63, 3.8) is 0 Å². The molecule has 1 amide bonds. The lowest BCUT2D eigenvalue weighted by Crippen LogP contribution is -2.26. The first kappa shape index (κ1) is 15.6. The fraction of sp³-hybridized carbons (Fsp3) is 0.176. The van der Waals surface area contributed by atoms with E-state index in [1.165, 1.54) is 16.8 Å². The van der Waals surface area contributed by atoms with Crippen LogP contribution in [0.4, 0.5) is 5.88 Å². The van der Waals surface area contributed by atoms with Crippen molar-refractivity contribution < 1.29 is 9.32 Å². The van der Waals surface area contributed by atoms with Crippen LogP contribution < -0.4 is 10.9 Å². The fourth-order valence-corrected chi connectivity index (χ4v) is 3.58. The zero-order valence-electron chi connectivity index (χ0n) is 13.1. The maximum Gasteiger partial charge on any atom is 0.278 e. The van der Waals surface area contributed by atoms with E-state index in [0.29, 0.717) is 12.4 Å². The molecular weight excluding hydrogens is 340 g/mol. The number of aromatic nitrogens is 3. The van der Waals surface area contributed by atoms with Crippen LogP contribution in [0.1, 0.15) is 27.3 Å². The zero-order chi connectivity index (χ0) is 17.2. The van der Waals surface area contributed by atoms with E-state index in [2.05, 4.69) is 15.6 Å².